The second kappa shape index (κ2) is 6.05. The van der Waals surface area contributed by atoms with Crippen LogP contribution in [0.15, 0.2) is 21.9 Å². The topological polar surface area (TPSA) is 126 Å². The summed E-state index contributed by atoms with van der Waals surface area (Å²) in [6.07, 6.45) is 1.77. The van der Waals surface area contributed by atoms with E-state index in [0.717, 1.165) is 24.6 Å². The summed E-state index contributed by atoms with van der Waals surface area (Å²) in [5, 5.41) is 4.62. The van der Waals surface area contributed by atoms with Gasteiger partial charge in [0.2, 0.25) is 11.8 Å². The van der Waals surface area contributed by atoms with Crippen molar-refractivity contribution in [1.82, 2.24) is 0 Å². The summed E-state index contributed by atoms with van der Waals surface area (Å²) < 4.78 is 47.3. The van der Waals surface area contributed by atoms with Crippen LogP contribution in [0.1, 0.15) is 13.8 Å². The number of rotatable bonds is 4. The molecule has 0 spiro atoms. The molecule has 2 N–H and O–H groups in total. The molecule has 1 aromatic rings. The number of nitrogens with one attached hydrogen (secondary N) is 2. The third-order valence-electron chi connectivity index (χ3n) is 2.50. The van der Waals surface area contributed by atoms with Crippen molar-refractivity contribution in [2.75, 3.05) is 23.1 Å². The number of carbonyl (C=O) groups is 2. The van der Waals surface area contributed by atoms with Gasteiger partial charge < -0.3 is 10.6 Å². The molecule has 0 saturated heterocycles. The molecule has 0 saturated carbocycles. The summed E-state index contributed by atoms with van der Waals surface area (Å²) in [7, 11) is -7.60. The maximum absolute atomic E-state index is 11.8. The molecule has 0 heterocycles. The molecule has 1 rings (SSSR count). The lowest BCUT2D eigenvalue weighted by molar-refractivity contribution is -0.115. The largest absolute Gasteiger partial charge is 0.325 e. The number of hydrogen-bond acceptors (Lipinski definition) is 6. The summed E-state index contributed by atoms with van der Waals surface area (Å²) in [5.41, 5.74) is -0.211. The van der Waals surface area contributed by atoms with Gasteiger partial charge in [0.25, 0.3) is 0 Å². The van der Waals surface area contributed by atoms with Gasteiger partial charge in [-0.25, -0.2) is 16.8 Å². The standard InChI is InChI=1S/C12H16N2O6S2/c1-7(15)13-9-5-10(14-8(2)16)12(22(4,19)20)6-11(9)21(3,17)18/h5-6H,1-4H3,(H,13,15)(H,14,16). The van der Waals surface area contributed by atoms with E-state index in [2.05, 4.69) is 10.6 Å². The van der Waals surface area contributed by atoms with Gasteiger partial charge in [-0.1, -0.05) is 0 Å². The van der Waals surface area contributed by atoms with E-state index in [-0.39, 0.29) is 21.2 Å². The molecular formula is C12H16N2O6S2. The Bertz CT molecular complexity index is 773. The van der Waals surface area contributed by atoms with Crippen molar-refractivity contribution < 1.29 is 26.4 Å². The smallest absolute Gasteiger partial charge is 0.221 e. The Kier molecular flexibility index (Phi) is 4.98. The van der Waals surface area contributed by atoms with Crippen LogP contribution >= 0.6 is 0 Å². The van der Waals surface area contributed by atoms with Gasteiger partial charge in [0.15, 0.2) is 19.7 Å². The van der Waals surface area contributed by atoms with Crippen LogP contribution in [0.4, 0.5) is 11.4 Å². The second-order valence-corrected chi connectivity index (χ2v) is 8.72. The number of amides is 2. The van der Waals surface area contributed by atoms with Crippen LogP contribution in [0.25, 0.3) is 0 Å². The molecule has 0 unspecified atom stereocenters. The van der Waals surface area contributed by atoms with Crippen molar-refractivity contribution in [2.45, 2.75) is 23.6 Å². The lowest BCUT2D eigenvalue weighted by atomic mass is 10.2. The van der Waals surface area contributed by atoms with Gasteiger partial charge in [0.1, 0.15) is 0 Å². The van der Waals surface area contributed by atoms with Crippen molar-refractivity contribution in [3.8, 4) is 0 Å². The quantitative estimate of drug-likeness (QED) is 0.811. The Morgan fingerprint density at radius 2 is 1.09 bits per heavy atom. The van der Waals surface area contributed by atoms with Crippen molar-refractivity contribution in [3.05, 3.63) is 12.1 Å². The minimum Gasteiger partial charge on any atom is -0.325 e. The first-order valence-corrected chi connectivity index (χ1v) is 9.74. The van der Waals surface area contributed by atoms with Crippen LogP contribution < -0.4 is 10.6 Å². The van der Waals surface area contributed by atoms with E-state index >= 15 is 0 Å². The predicted molar refractivity (Wildman–Crippen MR) is 81.3 cm³/mol. The van der Waals surface area contributed by atoms with Crippen molar-refractivity contribution in [1.29, 1.82) is 0 Å². The van der Waals surface area contributed by atoms with E-state index in [9.17, 15) is 26.4 Å². The minimum atomic E-state index is -3.80. The zero-order chi connectivity index (χ0) is 17.3. The van der Waals surface area contributed by atoms with E-state index in [1.807, 2.05) is 0 Å². The third kappa shape index (κ3) is 4.53. The zero-order valence-corrected chi connectivity index (χ0v) is 14.1. The molecule has 0 radical (unpaired) electrons. The summed E-state index contributed by atoms with van der Waals surface area (Å²) in [6, 6.07) is 2.02. The van der Waals surface area contributed by atoms with Crippen LogP contribution in [0.5, 0.6) is 0 Å². The molecule has 1 aromatic carbocycles. The van der Waals surface area contributed by atoms with Crippen LogP contribution in [0.3, 0.4) is 0 Å². The van der Waals surface area contributed by atoms with Gasteiger partial charge in [-0.2, -0.15) is 0 Å². The Morgan fingerprint density at radius 3 is 1.32 bits per heavy atom. The van der Waals surface area contributed by atoms with E-state index in [4.69, 9.17) is 0 Å². The average molecular weight is 348 g/mol. The highest BCUT2D eigenvalue weighted by Gasteiger charge is 2.23. The highest BCUT2D eigenvalue weighted by molar-refractivity contribution is 7.91. The highest BCUT2D eigenvalue weighted by Crippen LogP contribution is 2.32. The van der Waals surface area contributed by atoms with Gasteiger partial charge in [0.05, 0.1) is 21.2 Å². The number of hydrogen-bond donors (Lipinski definition) is 2. The molecule has 8 nitrogen and oxygen atoms in total. The second-order valence-electron chi connectivity index (χ2n) is 4.75. The first kappa shape index (κ1) is 18.1. The molecule has 0 aliphatic rings. The normalized spacial score (nSPS) is 11.8. The summed E-state index contributed by atoms with van der Waals surface area (Å²) in [6.45, 7) is 2.35. The van der Waals surface area contributed by atoms with Gasteiger partial charge in [-0.05, 0) is 12.1 Å². The molecule has 2 amide bonds. The molecule has 0 aliphatic carbocycles. The number of sulfone groups is 2. The third-order valence-corrected chi connectivity index (χ3v) is 4.78. The van der Waals surface area contributed by atoms with E-state index in [1.165, 1.54) is 13.8 Å². The molecule has 10 heteroatoms. The van der Waals surface area contributed by atoms with E-state index < -0.39 is 31.5 Å². The first-order valence-electron chi connectivity index (χ1n) is 5.95. The van der Waals surface area contributed by atoms with Crippen LogP contribution in [0.2, 0.25) is 0 Å². The van der Waals surface area contributed by atoms with Crippen LogP contribution in [0, 0.1) is 0 Å². The number of carbonyl (C=O) groups excluding carboxylic acids is 2. The Labute approximate surface area is 128 Å². The van der Waals surface area contributed by atoms with E-state index in [1.54, 1.807) is 0 Å². The molecular weight excluding hydrogens is 332 g/mol. The molecule has 122 valence electrons. The molecule has 0 bridgehead atoms. The fourth-order valence-electron chi connectivity index (χ4n) is 1.75. The maximum atomic E-state index is 11.8. The minimum absolute atomic E-state index is 0.105. The number of anilines is 2. The maximum Gasteiger partial charge on any atom is 0.221 e. The van der Waals surface area contributed by atoms with Gasteiger partial charge >= 0.3 is 0 Å². The summed E-state index contributed by atoms with van der Waals surface area (Å²) in [5.74, 6) is -1.07. The lowest BCUT2D eigenvalue weighted by Crippen LogP contribution is -2.15. The Hall–Kier alpha value is -1.94. The Morgan fingerprint density at radius 1 is 0.773 bits per heavy atom. The molecule has 0 aromatic heterocycles. The average Bonchev–Trinajstić information content (AvgIpc) is 2.23. The molecule has 0 aliphatic heterocycles. The Balaban J connectivity index is 3.79. The lowest BCUT2D eigenvalue weighted by Gasteiger charge is -2.15. The van der Waals surface area contributed by atoms with Gasteiger partial charge in [-0.15, -0.1) is 0 Å². The fourth-order valence-corrected chi connectivity index (χ4v) is 3.51. The van der Waals surface area contributed by atoms with Gasteiger partial charge in [0, 0.05) is 26.4 Å². The number of benzene rings is 1. The summed E-state index contributed by atoms with van der Waals surface area (Å²) in [4.78, 5) is 21.7. The van der Waals surface area contributed by atoms with Crippen molar-refractivity contribution in [3.63, 3.8) is 0 Å². The highest BCUT2D eigenvalue weighted by atomic mass is 32.2. The van der Waals surface area contributed by atoms with E-state index in [0.29, 0.717) is 0 Å². The van der Waals surface area contributed by atoms with Crippen LogP contribution in [-0.2, 0) is 29.3 Å². The molecule has 0 fully saturated rings. The van der Waals surface area contributed by atoms with Crippen molar-refractivity contribution >= 4 is 42.9 Å². The zero-order valence-electron chi connectivity index (χ0n) is 12.4. The fraction of sp³-hybridized carbons (Fsp3) is 0.333. The van der Waals surface area contributed by atoms with Crippen molar-refractivity contribution in [2.24, 2.45) is 0 Å². The molecule has 22 heavy (non-hydrogen) atoms. The van der Waals surface area contributed by atoms with Gasteiger partial charge in [-0.3, -0.25) is 9.59 Å². The first-order chi connectivity index (χ1) is 9.82. The SMILES string of the molecule is CC(=O)Nc1cc(NC(C)=O)c(S(C)(=O)=O)cc1S(C)(=O)=O. The van der Waals surface area contributed by atoms with Crippen LogP contribution in [-0.4, -0.2) is 41.2 Å². The predicted octanol–water partition coefficient (Wildman–Crippen LogP) is 0.410. The summed E-state index contributed by atoms with van der Waals surface area (Å²) >= 11 is 0. The monoisotopic (exact) mass is 348 g/mol. The molecule has 0 atom stereocenters.